The average molecular weight is 223 g/mol. The Bertz CT molecular complexity index is 161. The van der Waals surface area contributed by atoms with Crippen molar-refractivity contribution in [1.29, 1.82) is 0 Å². The highest BCUT2D eigenvalue weighted by Gasteiger charge is 2.22. The molecule has 0 fully saturated rings. The lowest BCUT2D eigenvalue weighted by Crippen LogP contribution is -2.29. The zero-order chi connectivity index (χ0) is 11.0. The molecule has 0 rings (SSSR count). The fourth-order valence-electron chi connectivity index (χ4n) is 1.26. The molecule has 2 N–H and O–H groups in total. The fourth-order valence-corrected chi connectivity index (χ4v) is 1.52. The lowest BCUT2D eigenvalue weighted by Gasteiger charge is -2.12. The lowest BCUT2D eigenvalue weighted by molar-refractivity contribution is -0.146. The monoisotopic (exact) mass is 222 g/mol. The third kappa shape index (κ3) is 6.22. The van der Waals surface area contributed by atoms with Gasteiger partial charge in [-0.05, 0) is 6.42 Å². The number of carbonyl (C=O) groups is 1. The quantitative estimate of drug-likeness (QED) is 0.490. The normalized spacial score (nSPS) is 15.1. The van der Waals surface area contributed by atoms with E-state index in [1.165, 1.54) is 12.8 Å². The van der Waals surface area contributed by atoms with Gasteiger partial charge in [0.1, 0.15) is 0 Å². The van der Waals surface area contributed by atoms with Crippen molar-refractivity contribution in [2.75, 3.05) is 0 Å². The number of carboxylic acid groups (broad SMARTS) is 1. The summed E-state index contributed by atoms with van der Waals surface area (Å²) in [7, 11) is 0. The maximum absolute atomic E-state index is 10.3. The SMILES string of the molecule is CCCCCCCC(Cl)[C@H](O)C(=O)O. The molecule has 4 heteroatoms. The van der Waals surface area contributed by atoms with Gasteiger partial charge in [0.15, 0.2) is 6.10 Å². The number of aliphatic carboxylic acids is 1. The first-order valence-corrected chi connectivity index (χ1v) is 5.58. The first kappa shape index (κ1) is 13.7. The zero-order valence-electron chi connectivity index (χ0n) is 8.58. The Hall–Kier alpha value is -0.280. The van der Waals surface area contributed by atoms with Crippen LogP contribution in [-0.4, -0.2) is 27.7 Å². The van der Waals surface area contributed by atoms with Crippen LogP contribution in [0, 0.1) is 0 Å². The molecule has 1 unspecified atom stereocenters. The topological polar surface area (TPSA) is 57.5 Å². The molecule has 3 nitrogen and oxygen atoms in total. The van der Waals surface area contributed by atoms with Gasteiger partial charge in [-0.25, -0.2) is 4.79 Å². The van der Waals surface area contributed by atoms with Crippen molar-refractivity contribution < 1.29 is 15.0 Å². The summed E-state index contributed by atoms with van der Waals surface area (Å²) in [5, 5.41) is 16.9. The molecule has 0 saturated carbocycles. The van der Waals surface area contributed by atoms with Gasteiger partial charge in [-0.3, -0.25) is 0 Å². The molecular formula is C10H19ClO3. The number of hydrogen-bond donors (Lipinski definition) is 2. The van der Waals surface area contributed by atoms with E-state index in [-0.39, 0.29) is 0 Å². The minimum absolute atomic E-state index is 0.568. The summed E-state index contributed by atoms with van der Waals surface area (Å²) in [6.07, 6.45) is 4.63. The predicted molar refractivity (Wildman–Crippen MR) is 56.7 cm³/mol. The van der Waals surface area contributed by atoms with Crippen molar-refractivity contribution in [3.05, 3.63) is 0 Å². The minimum atomic E-state index is -1.43. The summed E-state index contributed by atoms with van der Waals surface area (Å²) < 4.78 is 0. The number of unbranched alkanes of at least 4 members (excludes halogenated alkanes) is 4. The van der Waals surface area contributed by atoms with E-state index < -0.39 is 17.5 Å². The third-order valence-electron chi connectivity index (χ3n) is 2.18. The molecule has 0 aromatic rings. The highest BCUT2D eigenvalue weighted by atomic mass is 35.5. The summed E-state index contributed by atoms with van der Waals surface area (Å²) in [5.74, 6) is -1.24. The lowest BCUT2D eigenvalue weighted by atomic mass is 10.1. The molecular weight excluding hydrogens is 204 g/mol. The summed E-state index contributed by atoms with van der Waals surface area (Å²) in [6.45, 7) is 2.14. The summed E-state index contributed by atoms with van der Waals surface area (Å²) in [5.41, 5.74) is 0. The molecule has 0 aromatic heterocycles. The standard InChI is InChI=1S/C10H19ClO3/c1-2-3-4-5-6-7-8(11)9(12)10(13)14/h8-9,12H,2-7H2,1H3,(H,13,14)/t8?,9-/m0/s1. The first-order chi connectivity index (χ1) is 6.59. The molecule has 0 saturated heterocycles. The van der Waals surface area contributed by atoms with Crippen LogP contribution in [0.3, 0.4) is 0 Å². The Morgan fingerprint density at radius 2 is 1.86 bits per heavy atom. The largest absolute Gasteiger partial charge is 0.479 e. The highest BCUT2D eigenvalue weighted by molar-refractivity contribution is 6.22. The summed E-state index contributed by atoms with van der Waals surface area (Å²) in [6, 6.07) is 0. The van der Waals surface area contributed by atoms with Gasteiger partial charge in [0.2, 0.25) is 0 Å². The van der Waals surface area contributed by atoms with Crippen molar-refractivity contribution in [1.82, 2.24) is 0 Å². The molecule has 0 amide bonds. The second kappa shape index (κ2) is 8.06. The van der Waals surface area contributed by atoms with Gasteiger partial charge in [0.05, 0.1) is 5.38 Å². The van der Waals surface area contributed by atoms with E-state index >= 15 is 0 Å². The minimum Gasteiger partial charge on any atom is -0.479 e. The molecule has 14 heavy (non-hydrogen) atoms. The molecule has 0 spiro atoms. The zero-order valence-corrected chi connectivity index (χ0v) is 9.33. The van der Waals surface area contributed by atoms with Crippen molar-refractivity contribution in [3.8, 4) is 0 Å². The van der Waals surface area contributed by atoms with Crippen LogP contribution < -0.4 is 0 Å². The smallest absolute Gasteiger partial charge is 0.334 e. The number of alkyl halides is 1. The number of carboxylic acids is 1. The Labute approximate surface area is 90.1 Å². The second-order valence-corrected chi connectivity index (χ2v) is 4.06. The Balaban J connectivity index is 3.43. The molecule has 0 aliphatic carbocycles. The van der Waals surface area contributed by atoms with Crippen LogP contribution in [-0.2, 0) is 4.79 Å². The number of aliphatic hydroxyl groups is 1. The van der Waals surface area contributed by atoms with E-state index in [0.717, 1.165) is 19.3 Å². The maximum atomic E-state index is 10.3. The van der Waals surface area contributed by atoms with Crippen LogP contribution in [0.5, 0.6) is 0 Å². The fraction of sp³-hybridized carbons (Fsp3) is 0.900. The third-order valence-corrected chi connectivity index (χ3v) is 2.64. The molecule has 0 radical (unpaired) electrons. The van der Waals surface area contributed by atoms with E-state index in [4.69, 9.17) is 21.8 Å². The van der Waals surface area contributed by atoms with Crippen LogP contribution in [0.25, 0.3) is 0 Å². The van der Waals surface area contributed by atoms with Crippen LogP contribution in [0.1, 0.15) is 45.4 Å². The van der Waals surface area contributed by atoms with E-state index in [2.05, 4.69) is 6.92 Å². The molecule has 0 aliphatic heterocycles. The molecule has 0 aliphatic rings. The van der Waals surface area contributed by atoms with Crippen molar-refractivity contribution in [2.24, 2.45) is 0 Å². The van der Waals surface area contributed by atoms with Crippen LogP contribution in [0.15, 0.2) is 0 Å². The van der Waals surface area contributed by atoms with Crippen LogP contribution >= 0.6 is 11.6 Å². The van der Waals surface area contributed by atoms with Gasteiger partial charge < -0.3 is 10.2 Å². The van der Waals surface area contributed by atoms with Crippen molar-refractivity contribution in [2.45, 2.75) is 56.9 Å². The Morgan fingerprint density at radius 3 is 2.36 bits per heavy atom. The van der Waals surface area contributed by atoms with Gasteiger partial charge in [-0.1, -0.05) is 39.0 Å². The van der Waals surface area contributed by atoms with Crippen LogP contribution in [0.2, 0.25) is 0 Å². The van der Waals surface area contributed by atoms with Crippen molar-refractivity contribution >= 4 is 17.6 Å². The van der Waals surface area contributed by atoms with E-state index in [0.29, 0.717) is 6.42 Å². The number of halogens is 1. The average Bonchev–Trinajstić information content (AvgIpc) is 2.16. The maximum Gasteiger partial charge on any atom is 0.334 e. The van der Waals surface area contributed by atoms with Crippen molar-refractivity contribution in [3.63, 3.8) is 0 Å². The Morgan fingerprint density at radius 1 is 1.29 bits per heavy atom. The second-order valence-electron chi connectivity index (χ2n) is 3.50. The summed E-state index contributed by atoms with van der Waals surface area (Å²) >= 11 is 5.71. The molecule has 0 heterocycles. The number of rotatable bonds is 8. The molecule has 0 aromatic carbocycles. The number of aliphatic hydroxyl groups excluding tert-OH is 1. The molecule has 0 bridgehead atoms. The Kier molecular flexibility index (Phi) is 7.90. The van der Waals surface area contributed by atoms with Gasteiger partial charge in [-0.15, -0.1) is 11.6 Å². The van der Waals surface area contributed by atoms with E-state index in [1.807, 2.05) is 0 Å². The molecule has 2 atom stereocenters. The molecule has 84 valence electrons. The highest BCUT2D eigenvalue weighted by Crippen LogP contribution is 2.14. The first-order valence-electron chi connectivity index (χ1n) is 5.14. The van der Waals surface area contributed by atoms with Crippen LogP contribution in [0.4, 0.5) is 0 Å². The van der Waals surface area contributed by atoms with E-state index in [1.54, 1.807) is 0 Å². The van der Waals surface area contributed by atoms with Gasteiger partial charge >= 0.3 is 5.97 Å². The number of hydrogen-bond acceptors (Lipinski definition) is 2. The predicted octanol–water partition coefficient (Wildman–Crippen LogP) is 2.40. The summed E-state index contributed by atoms with van der Waals surface area (Å²) in [4.78, 5) is 10.3. The van der Waals surface area contributed by atoms with Gasteiger partial charge in [-0.2, -0.15) is 0 Å². The van der Waals surface area contributed by atoms with Gasteiger partial charge in [0, 0.05) is 0 Å². The van der Waals surface area contributed by atoms with Gasteiger partial charge in [0.25, 0.3) is 0 Å². The van der Waals surface area contributed by atoms with E-state index in [9.17, 15) is 4.79 Å².